The first kappa shape index (κ1) is 12.7. The van der Waals surface area contributed by atoms with Gasteiger partial charge in [-0.25, -0.2) is 4.39 Å². The highest BCUT2D eigenvalue weighted by atomic mass is 79.9. The molecular formula is C13H10BrFN2O. The van der Waals surface area contributed by atoms with Gasteiger partial charge in [-0.1, -0.05) is 34.1 Å². The third kappa shape index (κ3) is 2.92. The number of hydrogen-bond donors (Lipinski definition) is 1. The van der Waals surface area contributed by atoms with Crippen LogP contribution in [0.15, 0.2) is 47.2 Å². The topological polar surface area (TPSA) is 42.0 Å². The molecule has 0 fully saturated rings. The Bertz CT molecular complexity index is 574. The average Bonchev–Trinajstić information content (AvgIpc) is 2.38. The highest BCUT2D eigenvalue weighted by molar-refractivity contribution is 9.10. The Hall–Kier alpha value is -1.75. The minimum Gasteiger partial charge on any atom is -0.348 e. The minimum absolute atomic E-state index is 0.00273. The van der Waals surface area contributed by atoms with E-state index in [0.29, 0.717) is 6.54 Å². The number of carbonyl (C=O) groups is 1. The van der Waals surface area contributed by atoms with Gasteiger partial charge in [-0.3, -0.25) is 9.78 Å². The summed E-state index contributed by atoms with van der Waals surface area (Å²) in [5.74, 6) is -1.08. The third-order valence-electron chi connectivity index (χ3n) is 2.41. The van der Waals surface area contributed by atoms with Crippen LogP contribution in [0.25, 0.3) is 0 Å². The van der Waals surface area contributed by atoms with Crippen molar-refractivity contribution < 1.29 is 9.18 Å². The molecule has 1 aromatic heterocycles. The zero-order chi connectivity index (χ0) is 13.0. The molecule has 0 spiro atoms. The van der Waals surface area contributed by atoms with Crippen molar-refractivity contribution in [1.29, 1.82) is 0 Å². The Morgan fingerprint density at radius 1 is 1.33 bits per heavy atom. The maximum atomic E-state index is 13.3. The van der Waals surface area contributed by atoms with Crippen LogP contribution in [-0.2, 0) is 6.54 Å². The fourth-order valence-corrected chi connectivity index (χ4v) is 1.90. The Balaban J connectivity index is 2.06. The predicted molar refractivity (Wildman–Crippen MR) is 69.5 cm³/mol. The number of nitrogens with one attached hydrogen (secondary N) is 1. The van der Waals surface area contributed by atoms with E-state index in [1.807, 2.05) is 24.3 Å². The minimum atomic E-state index is -0.623. The van der Waals surface area contributed by atoms with Crippen LogP contribution in [0.3, 0.4) is 0 Å². The van der Waals surface area contributed by atoms with Gasteiger partial charge in [0.1, 0.15) is 0 Å². The van der Waals surface area contributed by atoms with E-state index in [4.69, 9.17) is 0 Å². The summed E-state index contributed by atoms with van der Waals surface area (Å²) in [5, 5.41) is 2.66. The molecule has 0 aliphatic carbocycles. The molecule has 1 aromatic carbocycles. The van der Waals surface area contributed by atoms with E-state index in [0.717, 1.165) is 16.2 Å². The van der Waals surface area contributed by atoms with Gasteiger partial charge >= 0.3 is 0 Å². The number of pyridine rings is 1. The lowest BCUT2D eigenvalue weighted by Gasteiger charge is -2.07. The summed E-state index contributed by atoms with van der Waals surface area (Å²) in [6.07, 6.45) is 2.41. The Labute approximate surface area is 112 Å². The number of rotatable bonds is 3. The molecule has 92 valence electrons. The third-order valence-corrected chi connectivity index (χ3v) is 3.19. The van der Waals surface area contributed by atoms with E-state index in [1.54, 1.807) is 0 Å². The molecule has 1 amide bonds. The van der Waals surface area contributed by atoms with Gasteiger partial charge in [0, 0.05) is 17.2 Å². The van der Waals surface area contributed by atoms with Crippen LogP contribution in [0.4, 0.5) is 4.39 Å². The molecule has 0 unspecified atom stereocenters. The maximum Gasteiger partial charge on any atom is 0.254 e. The number of aromatic nitrogens is 1. The first-order chi connectivity index (χ1) is 8.68. The Kier molecular flexibility index (Phi) is 4.04. The Morgan fingerprint density at radius 2 is 2.11 bits per heavy atom. The van der Waals surface area contributed by atoms with Crippen LogP contribution >= 0.6 is 15.9 Å². The summed E-state index contributed by atoms with van der Waals surface area (Å²) < 4.78 is 14.2. The molecular weight excluding hydrogens is 299 g/mol. The second-order valence-corrected chi connectivity index (χ2v) is 4.48. The molecule has 0 bridgehead atoms. The molecule has 0 aliphatic rings. The molecule has 1 heterocycles. The van der Waals surface area contributed by atoms with Crippen LogP contribution in [0.2, 0.25) is 0 Å². The van der Waals surface area contributed by atoms with Crippen molar-refractivity contribution in [3.63, 3.8) is 0 Å². The number of carbonyl (C=O) groups excluding carboxylic acids is 1. The molecule has 0 radical (unpaired) electrons. The number of nitrogens with zero attached hydrogens (tertiary/aromatic N) is 1. The van der Waals surface area contributed by atoms with E-state index in [-0.39, 0.29) is 5.56 Å². The molecule has 5 heteroatoms. The Morgan fingerprint density at radius 3 is 2.83 bits per heavy atom. The molecule has 18 heavy (non-hydrogen) atoms. The predicted octanol–water partition coefficient (Wildman–Crippen LogP) is 2.91. The van der Waals surface area contributed by atoms with E-state index in [2.05, 4.69) is 26.2 Å². The van der Waals surface area contributed by atoms with Crippen molar-refractivity contribution in [1.82, 2.24) is 10.3 Å². The summed E-state index contributed by atoms with van der Waals surface area (Å²) in [6.45, 7) is 0.335. The first-order valence-corrected chi connectivity index (χ1v) is 6.09. The van der Waals surface area contributed by atoms with Crippen molar-refractivity contribution in [2.75, 3.05) is 0 Å². The summed E-state index contributed by atoms with van der Waals surface area (Å²) in [5.41, 5.74) is 0.928. The summed E-state index contributed by atoms with van der Waals surface area (Å²) >= 11 is 3.38. The molecule has 1 N–H and O–H groups in total. The summed E-state index contributed by atoms with van der Waals surface area (Å²) in [6, 6.07) is 8.88. The smallest absolute Gasteiger partial charge is 0.254 e. The summed E-state index contributed by atoms with van der Waals surface area (Å²) in [7, 11) is 0. The number of amides is 1. The molecule has 2 aromatic rings. The van der Waals surface area contributed by atoms with Crippen LogP contribution in [0.1, 0.15) is 15.9 Å². The van der Waals surface area contributed by atoms with Crippen molar-refractivity contribution in [2.45, 2.75) is 6.54 Å². The van der Waals surface area contributed by atoms with Gasteiger partial charge < -0.3 is 5.32 Å². The lowest BCUT2D eigenvalue weighted by Crippen LogP contribution is -2.24. The van der Waals surface area contributed by atoms with Gasteiger partial charge in [0.2, 0.25) is 0 Å². The van der Waals surface area contributed by atoms with Crippen molar-refractivity contribution in [3.8, 4) is 0 Å². The van der Waals surface area contributed by atoms with Gasteiger partial charge in [0.05, 0.1) is 11.8 Å². The normalized spacial score (nSPS) is 10.1. The van der Waals surface area contributed by atoms with E-state index < -0.39 is 11.7 Å². The lowest BCUT2D eigenvalue weighted by atomic mass is 10.2. The van der Waals surface area contributed by atoms with Crippen LogP contribution in [-0.4, -0.2) is 10.9 Å². The van der Waals surface area contributed by atoms with Gasteiger partial charge in [-0.05, 0) is 17.7 Å². The van der Waals surface area contributed by atoms with E-state index >= 15 is 0 Å². The SMILES string of the molecule is O=C(NCc1ccccc1Br)c1ccncc1F. The number of halogens is 2. The van der Waals surface area contributed by atoms with Crippen LogP contribution in [0, 0.1) is 5.82 Å². The molecule has 0 aliphatic heterocycles. The van der Waals surface area contributed by atoms with Gasteiger partial charge in [0.25, 0.3) is 5.91 Å². The fourth-order valence-electron chi connectivity index (χ4n) is 1.47. The van der Waals surface area contributed by atoms with Crippen molar-refractivity contribution >= 4 is 21.8 Å². The van der Waals surface area contributed by atoms with Crippen LogP contribution in [0.5, 0.6) is 0 Å². The lowest BCUT2D eigenvalue weighted by molar-refractivity contribution is 0.0946. The second-order valence-electron chi connectivity index (χ2n) is 3.63. The van der Waals surface area contributed by atoms with Gasteiger partial charge in [0.15, 0.2) is 5.82 Å². The molecule has 0 saturated heterocycles. The average molecular weight is 309 g/mol. The fraction of sp³-hybridized carbons (Fsp3) is 0.0769. The molecule has 0 atom stereocenters. The van der Waals surface area contributed by atoms with Crippen LogP contribution < -0.4 is 5.32 Å². The van der Waals surface area contributed by atoms with Gasteiger partial charge in [-0.2, -0.15) is 0 Å². The van der Waals surface area contributed by atoms with Crippen molar-refractivity contribution in [3.05, 3.63) is 64.1 Å². The maximum absolute atomic E-state index is 13.3. The van der Waals surface area contributed by atoms with E-state index in [9.17, 15) is 9.18 Å². The van der Waals surface area contributed by atoms with Crippen molar-refractivity contribution in [2.24, 2.45) is 0 Å². The molecule has 0 saturated carbocycles. The highest BCUT2D eigenvalue weighted by Crippen LogP contribution is 2.15. The molecule has 3 nitrogen and oxygen atoms in total. The summed E-state index contributed by atoms with van der Waals surface area (Å²) in [4.78, 5) is 15.4. The zero-order valence-corrected chi connectivity index (χ0v) is 10.9. The standard InChI is InChI=1S/C13H10BrFN2O/c14-11-4-2-1-3-9(11)7-17-13(18)10-5-6-16-8-12(10)15/h1-6,8H,7H2,(H,17,18). The van der Waals surface area contributed by atoms with Gasteiger partial charge in [-0.15, -0.1) is 0 Å². The quantitative estimate of drug-likeness (QED) is 0.947. The highest BCUT2D eigenvalue weighted by Gasteiger charge is 2.11. The number of hydrogen-bond acceptors (Lipinski definition) is 2. The monoisotopic (exact) mass is 308 g/mol. The first-order valence-electron chi connectivity index (χ1n) is 5.29. The molecule has 2 rings (SSSR count). The number of benzene rings is 1. The van der Waals surface area contributed by atoms with E-state index in [1.165, 1.54) is 12.3 Å². The zero-order valence-electron chi connectivity index (χ0n) is 9.36. The largest absolute Gasteiger partial charge is 0.348 e. The second kappa shape index (κ2) is 5.73.